The molecule has 0 aliphatic carbocycles. The van der Waals surface area contributed by atoms with Crippen LogP contribution in [0.25, 0.3) is 0 Å². The SMILES string of the molecule is Cc1ncccc1Oc1cc(C#N)ccc1N. The number of benzene rings is 1. The molecule has 0 amide bonds. The van der Waals surface area contributed by atoms with Gasteiger partial charge in [-0.2, -0.15) is 5.26 Å². The summed E-state index contributed by atoms with van der Waals surface area (Å²) in [5, 5.41) is 8.81. The average Bonchev–Trinajstić information content (AvgIpc) is 2.35. The molecular weight excluding hydrogens is 214 g/mol. The highest BCUT2D eigenvalue weighted by atomic mass is 16.5. The maximum absolute atomic E-state index is 8.81. The highest BCUT2D eigenvalue weighted by molar-refractivity contribution is 5.57. The zero-order valence-electron chi connectivity index (χ0n) is 9.34. The van der Waals surface area contributed by atoms with E-state index in [4.69, 9.17) is 15.7 Å². The van der Waals surface area contributed by atoms with Crippen molar-refractivity contribution in [3.63, 3.8) is 0 Å². The molecule has 2 rings (SSSR count). The molecule has 2 N–H and O–H groups in total. The maximum Gasteiger partial charge on any atom is 0.151 e. The molecule has 1 aromatic heterocycles. The molecule has 0 saturated carbocycles. The third-order valence-corrected chi connectivity index (χ3v) is 2.32. The van der Waals surface area contributed by atoms with Crippen LogP contribution in [0.3, 0.4) is 0 Å². The molecule has 4 heteroatoms. The molecule has 4 nitrogen and oxygen atoms in total. The van der Waals surface area contributed by atoms with E-state index in [2.05, 4.69) is 4.98 Å². The van der Waals surface area contributed by atoms with Crippen molar-refractivity contribution < 1.29 is 4.74 Å². The first-order valence-corrected chi connectivity index (χ1v) is 5.10. The van der Waals surface area contributed by atoms with Gasteiger partial charge < -0.3 is 10.5 Å². The number of anilines is 1. The smallest absolute Gasteiger partial charge is 0.151 e. The number of nitrogens with zero attached hydrogens (tertiary/aromatic N) is 2. The van der Waals surface area contributed by atoms with E-state index >= 15 is 0 Å². The second kappa shape index (κ2) is 4.54. The van der Waals surface area contributed by atoms with Gasteiger partial charge in [-0.25, -0.2) is 0 Å². The van der Waals surface area contributed by atoms with Crippen LogP contribution in [0.15, 0.2) is 36.5 Å². The van der Waals surface area contributed by atoms with Crippen LogP contribution in [0, 0.1) is 18.3 Å². The molecule has 0 aliphatic rings. The Morgan fingerprint density at radius 1 is 1.29 bits per heavy atom. The van der Waals surface area contributed by atoms with Gasteiger partial charge in [0.25, 0.3) is 0 Å². The average molecular weight is 225 g/mol. The number of nitrogens with two attached hydrogens (primary N) is 1. The molecule has 1 heterocycles. The van der Waals surface area contributed by atoms with Gasteiger partial charge in [-0.15, -0.1) is 0 Å². The Balaban J connectivity index is 2.37. The van der Waals surface area contributed by atoms with Crippen LogP contribution in [0.2, 0.25) is 0 Å². The fourth-order valence-electron chi connectivity index (χ4n) is 1.39. The Bertz CT molecular complexity index is 587. The largest absolute Gasteiger partial charge is 0.453 e. The number of hydrogen-bond acceptors (Lipinski definition) is 4. The zero-order chi connectivity index (χ0) is 12.3. The Morgan fingerprint density at radius 3 is 2.82 bits per heavy atom. The highest BCUT2D eigenvalue weighted by Gasteiger charge is 2.06. The zero-order valence-corrected chi connectivity index (χ0v) is 9.34. The minimum absolute atomic E-state index is 0.472. The van der Waals surface area contributed by atoms with Crippen LogP contribution in [-0.4, -0.2) is 4.98 Å². The summed E-state index contributed by atoms with van der Waals surface area (Å²) in [4.78, 5) is 4.12. The number of aromatic nitrogens is 1. The van der Waals surface area contributed by atoms with Crippen molar-refractivity contribution in [2.24, 2.45) is 0 Å². The molecule has 0 fully saturated rings. The lowest BCUT2D eigenvalue weighted by atomic mass is 10.2. The standard InChI is InChI=1S/C13H11N3O/c1-9-12(3-2-6-16-9)17-13-7-10(8-14)4-5-11(13)15/h2-7H,15H2,1H3. The summed E-state index contributed by atoms with van der Waals surface area (Å²) >= 11 is 0. The summed E-state index contributed by atoms with van der Waals surface area (Å²) in [6.07, 6.45) is 1.69. The Kier molecular flexibility index (Phi) is 2.93. The summed E-state index contributed by atoms with van der Waals surface area (Å²) in [6.45, 7) is 1.85. The quantitative estimate of drug-likeness (QED) is 0.797. The molecule has 17 heavy (non-hydrogen) atoms. The van der Waals surface area contributed by atoms with E-state index in [1.807, 2.05) is 13.0 Å². The monoisotopic (exact) mass is 225 g/mol. The van der Waals surface area contributed by atoms with Gasteiger partial charge in [-0.05, 0) is 31.2 Å². The third-order valence-electron chi connectivity index (χ3n) is 2.32. The minimum atomic E-state index is 0.472. The first-order chi connectivity index (χ1) is 8.20. The maximum atomic E-state index is 8.81. The van der Waals surface area contributed by atoms with Gasteiger partial charge in [0.1, 0.15) is 5.75 Å². The molecule has 0 radical (unpaired) electrons. The van der Waals surface area contributed by atoms with Gasteiger partial charge in [0, 0.05) is 12.3 Å². The first kappa shape index (κ1) is 11.0. The topological polar surface area (TPSA) is 71.9 Å². The van der Waals surface area contributed by atoms with E-state index in [9.17, 15) is 0 Å². The van der Waals surface area contributed by atoms with Gasteiger partial charge in [0.05, 0.1) is 23.0 Å². The molecule has 0 bridgehead atoms. The highest BCUT2D eigenvalue weighted by Crippen LogP contribution is 2.29. The number of aryl methyl sites for hydroxylation is 1. The van der Waals surface area contributed by atoms with Gasteiger partial charge in [0.2, 0.25) is 0 Å². The summed E-state index contributed by atoms with van der Waals surface area (Å²) in [7, 11) is 0. The molecule has 0 spiro atoms. The van der Waals surface area contributed by atoms with Crippen LogP contribution in [-0.2, 0) is 0 Å². The molecule has 84 valence electrons. The lowest BCUT2D eigenvalue weighted by Crippen LogP contribution is -1.95. The molecule has 0 aliphatic heterocycles. The molecule has 1 aromatic carbocycles. The van der Waals surface area contributed by atoms with Crippen molar-refractivity contribution in [2.45, 2.75) is 6.92 Å². The second-order valence-corrected chi connectivity index (χ2v) is 3.55. The number of rotatable bonds is 2. The van der Waals surface area contributed by atoms with E-state index in [-0.39, 0.29) is 0 Å². The number of pyridine rings is 1. The first-order valence-electron chi connectivity index (χ1n) is 5.10. The van der Waals surface area contributed by atoms with Crippen LogP contribution < -0.4 is 10.5 Å². The Hall–Kier alpha value is -2.54. The molecular formula is C13H11N3O. The van der Waals surface area contributed by atoms with Gasteiger partial charge in [0.15, 0.2) is 5.75 Å². The normalized spacial score (nSPS) is 9.65. The van der Waals surface area contributed by atoms with E-state index < -0.39 is 0 Å². The molecule has 0 unspecified atom stereocenters. The van der Waals surface area contributed by atoms with E-state index in [1.54, 1.807) is 36.5 Å². The van der Waals surface area contributed by atoms with Crippen molar-refractivity contribution in [3.8, 4) is 17.6 Å². The second-order valence-electron chi connectivity index (χ2n) is 3.55. The van der Waals surface area contributed by atoms with E-state index in [0.717, 1.165) is 5.69 Å². The van der Waals surface area contributed by atoms with E-state index in [0.29, 0.717) is 22.7 Å². The third kappa shape index (κ3) is 2.34. The van der Waals surface area contributed by atoms with Crippen molar-refractivity contribution >= 4 is 5.69 Å². The van der Waals surface area contributed by atoms with Crippen molar-refractivity contribution in [2.75, 3.05) is 5.73 Å². The Labute approximate surface area is 99.3 Å². The van der Waals surface area contributed by atoms with E-state index in [1.165, 1.54) is 0 Å². The molecule has 0 atom stereocenters. The molecule has 0 saturated heterocycles. The van der Waals surface area contributed by atoms with Crippen molar-refractivity contribution in [1.29, 1.82) is 5.26 Å². The summed E-state index contributed by atoms with van der Waals surface area (Å²) in [5.41, 5.74) is 7.56. The Morgan fingerprint density at radius 2 is 2.12 bits per heavy atom. The number of ether oxygens (including phenoxy) is 1. The van der Waals surface area contributed by atoms with Crippen LogP contribution in [0.1, 0.15) is 11.3 Å². The summed E-state index contributed by atoms with van der Waals surface area (Å²) < 4.78 is 5.64. The predicted molar refractivity (Wildman–Crippen MR) is 64.6 cm³/mol. The van der Waals surface area contributed by atoms with Crippen LogP contribution in [0.4, 0.5) is 5.69 Å². The van der Waals surface area contributed by atoms with Crippen LogP contribution >= 0.6 is 0 Å². The number of hydrogen-bond donors (Lipinski definition) is 1. The minimum Gasteiger partial charge on any atom is -0.453 e. The number of nitriles is 1. The van der Waals surface area contributed by atoms with Crippen molar-refractivity contribution in [3.05, 3.63) is 47.8 Å². The summed E-state index contributed by atoms with van der Waals surface area (Å²) in [6, 6.07) is 10.6. The van der Waals surface area contributed by atoms with Crippen LogP contribution in [0.5, 0.6) is 11.5 Å². The lowest BCUT2D eigenvalue weighted by Gasteiger charge is -2.09. The summed E-state index contributed by atoms with van der Waals surface area (Å²) in [5.74, 6) is 1.11. The van der Waals surface area contributed by atoms with Gasteiger partial charge >= 0.3 is 0 Å². The fraction of sp³-hybridized carbons (Fsp3) is 0.0769. The lowest BCUT2D eigenvalue weighted by molar-refractivity contribution is 0.478. The van der Waals surface area contributed by atoms with Gasteiger partial charge in [-0.3, -0.25) is 4.98 Å². The van der Waals surface area contributed by atoms with Crippen molar-refractivity contribution in [1.82, 2.24) is 4.98 Å². The number of nitrogen functional groups attached to an aromatic ring is 1. The van der Waals surface area contributed by atoms with Gasteiger partial charge in [-0.1, -0.05) is 0 Å². The molecule has 2 aromatic rings. The predicted octanol–water partition coefficient (Wildman–Crippen LogP) is 2.64. The fourth-order valence-corrected chi connectivity index (χ4v) is 1.39.